The van der Waals surface area contributed by atoms with E-state index in [1.807, 2.05) is 36.7 Å². The average Bonchev–Trinajstić information content (AvgIpc) is 3.14. The van der Waals surface area contributed by atoms with Gasteiger partial charge in [0, 0.05) is 30.6 Å². The van der Waals surface area contributed by atoms with Crippen LogP contribution in [0, 0.1) is 0 Å². The second-order valence-corrected chi connectivity index (χ2v) is 5.74. The fourth-order valence-corrected chi connectivity index (χ4v) is 2.81. The first-order valence-electron chi connectivity index (χ1n) is 7.38. The summed E-state index contributed by atoms with van der Waals surface area (Å²) in [5.74, 6) is 1.02. The minimum absolute atomic E-state index is 0.358. The molecule has 0 bridgehead atoms. The minimum atomic E-state index is 0.358. The number of hydrogen-bond acceptors (Lipinski definition) is 3. The molecule has 21 heavy (non-hydrogen) atoms. The number of nitrogens with one attached hydrogen (secondary N) is 1. The molecule has 1 aromatic heterocycles. The van der Waals surface area contributed by atoms with Crippen LogP contribution in [0.3, 0.4) is 0 Å². The highest BCUT2D eigenvalue weighted by Gasteiger charge is 2.15. The number of nitrogens with zero attached hydrogens (tertiary/aromatic N) is 2. The number of halogens is 1. The van der Waals surface area contributed by atoms with Crippen LogP contribution in [-0.4, -0.2) is 28.8 Å². The lowest BCUT2D eigenvalue weighted by Crippen LogP contribution is -2.27. The maximum atomic E-state index is 6.22. The molecule has 1 saturated heterocycles. The maximum absolute atomic E-state index is 6.22. The molecular formula is C16H20ClN3O. The summed E-state index contributed by atoms with van der Waals surface area (Å²) in [5.41, 5.74) is 1.11. The van der Waals surface area contributed by atoms with Crippen LogP contribution in [0.5, 0.6) is 0 Å². The predicted octanol–water partition coefficient (Wildman–Crippen LogP) is 2.85. The first kappa shape index (κ1) is 14.6. The van der Waals surface area contributed by atoms with Gasteiger partial charge in [0.05, 0.1) is 19.2 Å². The van der Waals surface area contributed by atoms with Gasteiger partial charge in [0.15, 0.2) is 0 Å². The summed E-state index contributed by atoms with van der Waals surface area (Å²) >= 11 is 6.22. The molecule has 0 amide bonds. The van der Waals surface area contributed by atoms with E-state index in [1.54, 1.807) is 0 Å². The van der Waals surface area contributed by atoms with Crippen molar-refractivity contribution < 1.29 is 4.74 Å². The minimum Gasteiger partial charge on any atom is -0.377 e. The van der Waals surface area contributed by atoms with Crippen LogP contribution in [-0.2, 0) is 17.8 Å². The quantitative estimate of drug-likeness (QED) is 0.892. The highest BCUT2D eigenvalue weighted by Crippen LogP contribution is 2.17. The highest BCUT2D eigenvalue weighted by molar-refractivity contribution is 6.31. The number of imidazole rings is 1. The normalized spacial score (nSPS) is 18.2. The largest absolute Gasteiger partial charge is 0.377 e. The summed E-state index contributed by atoms with van der Waals surface area (Å²) in [6.45, 7) is 3.28. The third kappa shape index (κ3) is 3.84. The van der Waals surface area contributed by atoms with Crippen LogP contribution in [0.15, 0.2) is 36.7 Å². The molecule has 0 spiro atoms. The highest BCUT2D eigenvalue weighted by atomic mass is 35.5. The van der Waals surface area contributed by atoms with Gasteiger partial charge in [-0.15, -0.1) is 0 Å². The lowest BCUT2D eigenvalue weighted by molar-refractivity contribution is 0.109. The molecule has 1 aliphatic rings. The van der Waals surface area contributed by atoms with Crippen LogP contribution in [0.25, 0.3) is 0 Å². The summed E-state index contributed by atoms with van der Waals surface area (Å²) in [6, 6.07) is 7.92. The van der Waals surface area contributed by atoms with Gasteiger partial charge in [-0.3, -0.25) is 0 Å². The molecule has 1 N–H and O–H groups in total. The number of ether oxygens (including phenoxy) is 1. The topological polar surface area (TPSA) is 39.1 Å². The predicted molar refractivity (Wildman–Crippen MR) is 83.5 cm³/mol. The monoisotopic (exact) mass is 305 g/mol. The van der Waals surface area contributed by atoms with E-state index in [2.05, 4.69) is 14.9 Å². The fraction of sp³-hybridized carbons (Fsp3) is 0.438. The van der Waals surface area contributed by atoms with Gasteiger partial charge < -0.3 is 14.6 Å². The molecular weight excluding hydrogens is 286 g/mol. The van der Waals surface area contributed by atoms with Crippen molar-refractivity contribution in [1.29, 1.82) is 0 Å². The van der Waals surface area contributed by atoms with Gasteiger partial charge in [-0.2, -0.15) is 0 Å². The maximum Gasteiger partial charge on any atom is 0.122 e. The Morgan fingerprint density at radius 1 is 1.38 bits per heavy atom. The summed E-state index contributed by atoms with van der Waals surface area (Å²) in [4.78, 5) is 4.42. The first-order valence-corrected chi connectivity index (χ1v) is 7.76. The van der Waals surface area contributed by atoms with E-state index in [9.17, 15) is 0 Å². The van der Waals surface area contributed by atoms with Crippen LogP contribution < -0.4 is 5.32 Å². The molecule has 0 saturated carbocycles. The van der Waals surface area contributed by atoms with Crippen molar-refractivity contribution in [2.24, 2.45) is 0 Å². The zero-order valence-corrected chi connectivity index (χ0v) is 12.7. The van der Waals surface area contributed by atoms with Gasteiger partial charge in [0.2, 0.25) is 0 Å². The Balaban J connectivity index is 1.57. The van der Waals surface area contributed by atoms with Crippen molar-refractivity contribution in [1.82, 2.24) is 14.9 Å². The van der Waals surface area contributed by atoms with Gasteiger partial charge in [-0.25, -0.2) is 4.98 Å². The van der Waals surface area contributed by atoms with Gasteiger partial charge in [-0.05, 0) is 24.5 Å². The van der Waals surface area contributed by atoms with Crippen LogP contribution in [0.1, 0.15) is 24.2 Å². The smallest absolute Gasteiger partial charge is 0.122 e. The van der Waals surface area contributed by atoms with E-state index in [4.69, 9.17) is 16.3 Å². The van der Waals surface area contributed by atoms with Crippen molar-refractivity contribution in [3.8, 4) is 0 Å². The third-order valence-electron chi connectivity index (χ3n) is 3.78. The number of hydrogen-bond donors (Lipinski definition) is 1. The van der Waals surface area contributed by atoms with Crippen molar-refractivity contribution in [2.45, 2.75) is 32.0 Å². The van der Waals surface area contributed by atoms with E-state index >= 15 is 0 Å². The van der Waals surface area contributed by atoms with Crippen molar-refractivity contribution >= 4 is 11.6 Å². The Labute approximate surface area is 130 Å². The molecule has 1 aliphatic heterocycles. The Kier molecular flexibility index (Phi) is 4.91. The van der Waals surface area contributed by atoms with E-state index in [-0.39, 0.29) is 0 Å². The number of aromatic nitrogens is 2. The molecule has 112 valence electrons. The summed E-state index contributed by atoms with van der Waals surface area (Å²) in [7, 11) is 0. The van der Waals surface area contributed by atoms with Gasteiger partial charge >= 0.3 is 0 Å². The molecule has 0 radical (unpaired) electrons. The van der Waals surface area contributed by atoms with Crippen LogP contribution >= 0.6 is 11.6 Å². The number of benzene rings is 1. The van der Waals surface area contributed by atoms with E-state index in [0.29, 0.717) is 6.10 Å². The molecule has 0 aliphatic carbocycles. The summed E-state index contributed by atoms with van der Waals surface area (Å²) in [5, 5.41) is 4.23. The third-order valence-corrected chi connectivity index (χ3v) is 4.15. The zero-order valence-electron chi connectivity index (χ0n) is 12.0. The molecule has 1 fully saturated rings. The number of rotatable bonds is 6. The lowest BCUT2D eigenvalue weighted by atomic mass is 10.2. The molecule has 2 heterocycles. The molecule has 1 unspecified atom stereocenters. The summed E-state index contributed by atoms with van der Waals surface area (Å²) in [6.07, 6.45) is 6.51. The molecule has 3 rings (SSSR count). The standard InChI is InChI=1S/C16H20ClN3O/c17-15-6-2-1-4-13(15)12-20-8-7-19-16(20)11-18-10-14-5-3-9-21-14/h1-2,4,6-8,14,18H,3,5,9-12H2. The average molecular weight is 306 g/mol. The van der Waals surface area contributed by atoms with E-state index < -0.39 is 0 Å². The SMILES string of the molecule is Clc1ccccc1Cn1ccnc1CNCC1CCCO1. The van der Waals surface area contributed by atoms with Gasteiger partial charge in [-0.1, -0.05) is 29.8 Å². The first-order chi connectivity index (χ1) is 10.3. The molecule has 2 aromatic rings. The van der Waals surface area contributed by atoms with Crippen LogP contribution in [0.2, 0.25) is 5.02 Å². The van der Waals surface area contributed by atoms with Crippen molar-refractivity contribution in [3.05, 3.63) is 53.1 Å². The van der Waals surface area contributed by atoms with Crippen molar-refractivity contribution in [3.63, 3.8) is 0 Å². The fourth-order valence-electron chi connectivity index (χ4n) is 2.61. The molecule has 1 aromatic carbocycles. The van der Waals surface area contributed by atoms with Crippen LogP contribution in [0.4, 0.5) is 0 Å². The second-order valence-electron chi connectivity index (χ2n) is 5.33. The van der Waals surface area contributed by atoms with Gasteiger partial charge in [0.25, 0.3) is 0 Å². The zero-order chi connectivity index (χ0) is 14.5. The Bertz CT molecular complexity index is 578. The van der Waals surface area contributed by atoms with E-state index in [1.165, 1.54) is 6.42 Å². The van der Waals surface area contributed by atoms with Crippen molar-refractivity contribution in [2.75, 3.05) is 13.2 Å². The lowest BCUT2D eigenvalue weighted by Gasteiger charge is -2.12. The Morgan fingerprint density at radius 3 is 3.10 bits per heavy atom. The molecule has 1 atom stereocenters. The van der Waals surface area contributed by atoms with Gasteiger partial charge in [0.1, 0.15) is 5.82 Å². The molecule has 4 nitrogen and oxygen atoms in total. The molecule has 5 heteroatoms. The Hall–Kier alpha value is -1.36. The summed E-state index contributed by atoms with van der Waals surface area (Å²) < 4.78 is 7.74. The second kappa shape index (κ2) is 7.07. The van der Waals surface area contributed by atoms with E-state index in [0.717, 1.165) is 49.1 Å². The Morgan fingerprint density at radius 2 is 2.29 bits per heavy atom.